The molecular formula is C18H25N5O6. The normalized spacial score (nSPS) is 12.2. The van der Waals surface area contributed by atoms with Crippen molar-refractivity contribution in [1.29, 1.82) is 0 Å². The lowest BCUT2D eigenvalue weighted by atomic mass is 10.1. The summed E-state index contributed by atoms with van der Waals surface area (Å²) in [7, 11) is 0. The molecule has 2 unspecified atom stereocenters. The van der Waals surface area contributed by atoms with Gasteiger partial charge in [-0.15, -0.1) is 0 Å². The van der Waals surface area contributed by atoms with Crippen molar-refractivity contribution in [3.63, 3.8) is 0 Å². The Morgan fingerprint density at radius 3 is 2.10 bits per heavy atom. The van der Waals surface area contributed by atoms with Crippen LogP contribution in [0.15, 0.2) is 30.3 Å². The maximum Gasteiger partial charge on any atom is 0.322 e. The molecule has 4 amide bonds. The molecule has 1 aromatic rings. The molecule has 0 radical (unpaired) electrons. The van der Waals surface area contributed by atoms with E-state index in [9.17, 15) is 24.0 Å². The number of hydrogen-bond acceptors (Lipinski definition) is 6. The molecule has 11 heteroatoms. The van der Waals surface area contributed by atoms with Crippen LogP contribution in [0.3, 0.4) is 0 Å². The number of carbonyl (C=O) groups is 5. The fraction of sp³-hybridized carbons (Fsp3) is 0.389. The molecular weight excluding hydrogens is 382 g/mol. The van der Waals surface area contributed by atoms with Gasteiger partial charge in [-0.05, 0) is 18.9 Å². The second-order valence-corrected chi connectivity index (χ2v) is 6.19. The van der Waals surface area contributed by atoms with Crippen molar-refractivity contribution < 1.29 is 29.1 Å². The van der Waals surface area contributed by atoms with Gasteiger partial charge in [0.15, 0.2) is 0 Å². The maximum atomic E-state index is 11.9. The third-order valence-electron chi connectivity index (χ3n) is 3.69. The van der Waals surface area contributed by atoms with Crippen molar-refractivity contribution in [2.45, 2.75) is 25.4 Å². The first-order chi connectivity index (χ1) is 13.7. The van der Waals surface area contributed by atoms with Crippen LogP contribution >= 0.6 is 0 Å². The fourth-order valence-electron chi connectivity index (χ4n) is 2.17. The van der Waals surface area contributed by atoms with Crippen LogP contribution in [0.4, 0.5) is 0 Å². The van der Waals surface area contributed by atoms with Gasteiger partial charge in [-0.1, -0.05) is 30.3 Å². The molecule has 158 valence electrons. The molecule has 1 aromatic carbocycles. The molecule has 0 saturated heterocycles. The zero-order valence-electron chi connectivity index (χ0n) is 15.9. The highest BCUT2D eigenvalue weighted by Gasteiger charge is 2.17. The maximum absolute atomic E-state index is 11.9. The highest BCUT2D eigenvalue weighted by atomic mass is 16.4. The van der Waals surface area contributed by atoms with Crippen LogP contribution in [-0.4, -0.2) is 66.4 Å². The third kappa shape index (κ3) is 9.86. The largest absolute Gasteiger partial charge is 0.480 e. The van der Waals surface area contributed by atoms with E-state index in [2.05, 4.69) is 21.3 Å². The van der Waals surface area contributed by atoms with E-state index in [1.165, 1.54) is 6.92 Å². The number of carboxylic acid groups (broad SMARTS) is 1. The summed E-state index contributed by atoms with van der Waals surface area (Å²) in [6, 6.07) is 7.37. The summed E-state index contributed by atoms with van der Waals surface area (Å²) >= 11 is 0. The minimum Gasteiger partial charge on any atom is -0.480 e. The first-order valence-corrected chi connectivity index (χ1v) is 8.81. The summed E-state index contributed by atoms with van der Waals surface area (Å²) in [5, 5.41) is 17.6. The lowest BCUT2D eigenvalue weighted by molar-refractivity contribution is -0.138. The Hall–Kier alpha value is -3.47. The molecule has 1 rings (SSSR count). The fourth-order valence-corrected chi connectivity index (χ4v) is 2.17. The van der Waals surface area contributed by atoms with E-state index in [-0.39, 0.29) is 6.54 Å². The monoisotopic (exact) mass is 407 g/mol. The molecule has 7 N–H and O–H groups in total. The number of hydrogen-bond donors (Lipinski definition) is 6. The quantitative estimate of drug-likeness (QED) is 0.234. The zero-order chi connectivity index (χ0) is 21.8. The number of benzene rings is 1. The van der Waals surface area contributed by atoms with Crippen LogP contribution < -0.4 is 27.0 Å². The molecule has 2 atom stereocenters. The molecule has 0 aromatic heterocycles. The summed E-state index contributed by atoms with van der Waals surface area (Å²) < 4.78 is 0. The van der Waals surface area contributed by atoms with Crippen LogP contribution in [0.25, 0.3) is 0 Å². The number of nitrogens with two attached hydrogens (primary N) is 1. The van der Waals surface area contributed by atoms with E-state index < -0.39 is 54.8 Å². The van der Waals surface area contributed by atoms with Crippen LogP contribution in [0.5, 0.6) is 0 Å². The van der Waals surface area contributed by atoms with Gasteiger partial charge in [0.05, 0.1) is 19.1 Å². The van der Waals surface area contributed by atoms with E-state index in [1.54, 1.807) is 0 Å². The van der Waals surface area contributed by atoms with Gasteiger partial charge in [-0.3, -0.25) is 24.0 Å². The number of amides is 4. The second kappa shape index (κ2) is 12.1. The predicted molar refractivity (Wildman–Crippen MR) is 102 cm³/mol. The van der Waals surface area contributed by atoms with Crippen LogP contribution in [0.2, 0.25) is 0 Å². The van der Waals surface area contributed by atoms with Gasteiger partial charge in [0, 0.05) is 0 Å². The Morgan fingerprint density at radius 1 is 0.897 bits per heavy atom. The van der Waals surface area contributed by atoms with Crippen molar-refractivity contribution in [2.75, 3.05) is 19.6 Å². The highest BCUT2D eigenvalue weighted by Crippen LogP contribution is 2.01. The summed E-state index contributed by atoms with van der Waals surface area (Å²) in [5.74, 6) is -3.65. The zero-order valence-corrected chi connectivity index (χ0v) is 15.9. The average Bonchev–Trinajstić information content (AvgIpc) is 2.69. The van der Waals surface area contributed by atoms with Crippen molar-refractivity contribution in [2.24, 2.45) is 5.73 Å². The Labute approximate surface area is 167 Å². The topological polar surface area (TPSA) is 180 Å². The molecule has 29 heavy (non-hydrogen) atoms. The molecule has 0 aliphatic rings. The standard InChI is InChI=1S/C18H25N5O6/c1-11(17(28)22-10-16(26)27)23-15(25)9-20-14(24)8-21-18(29)13(19)7-12-5-3-2-4-6-12/h2-6,11,13H,7-10,19H2,1H3,(H,20,24)(H,21,29)(H,22,28)(H,23,25)(H,26,27). The first kappa shape index (κ1) is 23.6. The van der Waals surface area contributed by atoms with Gasteiger partial charge < -0.3 is 32.1 Å². The summed E-state index contributed by atoms with van der Waals surface area (Å²) in [6.07, 6.45) is 0.318. The smallest absolute Gasteiger partial charge is 0.322 e. The molecule has 0 aliphatic carbocycles. The Bertz CT molecular complexity index is 740. The Morgan fingerprint density at radius 2 is 1.48 bits per heavy atom. The molecule has 0 spiro atoms. The van der Waals surface area contributed by atoms with E-state index in [0.717, 1.165) is 5.56 Å². The molecule has 0 fully saturated rings. The summed E-state index contributed by atoms with van der Waals surface area (Å²) in [6.45, 7) is 0.0255. The van der Waals surface area contributed by atoms with Crippen molar-refractivity contribution in [3.8, 4) is 0 Å². The van der Waals surface area contributed by atoms with Crippen molar-refractivity contribution in [3.05, 3.63) is 35.9 Å². The second-order valence-electron chi connectivity index (χ2n) is 6.19. The Kier molecular flexibility index (Phi) is 9.82. The SMILES string of the molecule is CC(NC(=O)CNC(=O)CNC(=O)C(N)Cc1ccccc1)C(=O)NCC(=O)O. The van der Waals surface area contributed by atoms with Crippen LogP contribution in [0, 0.1) is 0 Å². The average molecular weight is 407 g/mol. The number of carboxylic acids is 1. The number of carbonyl (C=O) groups excluding carboxylic acids is 4. The molecule has 11 nitrogen and oxygen atoms in total. The van der Waals surface area contributed by atoms with Crippen molar-refractivity contribution >= 4 is 29.6 Å². The van der Waals surface area contributed by atoms with Gasteiger partial charge in [0.2, 0.25) is 23.6 Å². The number of aliphatic carboxylic acids is 1. The predicted octanol–water partition coefficient (Wildman–Crippen LogP) is -2.51. The van der Waals surface area contributed by atoms with Crippen molar-refractivity contribution in [1.82, 2.24) is 21.3 Å². The minimum atomic E-state index is -1.21. The lowest BCUT2D eigenvalue weighted by Gasteiger charge is -2.14. The highest BCUT2D eigenvalue weighted by molar-refractivity contribution is 5.92. The summed E-state index contributed by atoms with van der Waals surface area (Å²) in [4.78, 5) is 57.3. The van der Waals surface area contributed by atoms with Gasteiger partial charge >= 0.3 is 5.97 Å². The van der Waals surface area contributed by atoms with Gasteiger partial charge in [-0.25, -0.2) is 0 Å². The van der Waals surface area contributed by atoms with E-state index >= 15 is 0 Å². The van der Waals surface area contributed by atoms with E-state index in [1.807, 2.05) is 30.3 Å². The summed E-state index contributed by atoms with van der Waals surface area (Å²) in [5.41, 5.74) is 6.69. The van der Waals surface area contributed by atoms with E-state index in [0.29, 0.717) is 6.42 Å². The Balaban J connectivity index is 2.26. The van der Waals surface area contributed by atoms with Gasteiger partial charge in [0.25, 0.3) is 0 Å². The number of nitrogens with one attached hydrogen (secondary N) is 4. The van der Waals surface area contributed by atoms with Gasteiger partial charge in [0.1, 0.15) is 12.6 Å². The first-order valence-electron chi connectivity index (χ1n) is 8.81. The molecule has 0 saturated carbocycles. The molecule has 0 heterocycles. The van der Waals surface area contributed by atoms with Crippen LogP contribution in [0.1, 0.15) is 12.5 Å². The lowest BCUT2D eigenvalue weighted by Crippen LogP contribution is -2.50. The molecule has 0 aliphatic heterocycles. The van der Waals surface area contributed by atoms with Crippen LogP contribution in [-0.2, 0) is 30.4 Å². The van der Waals surface area contributed by atoms with E-state index in [4.69, 9.17) is 10.8 Å². The minimum absolute atomic E-state index is 0.318. The van der Waals surface area contributed by atoms with Gasteiger partial charge in [-0.2, -0.15) is 0 Å². The third-order valence-corrected chi connectivity index (χ3v) is 3.69. The molecule has 0 bridgehead atoms. The number of rotatable bonds is 11.